The molecule has 1 aromatic carbocycles. The maximum Gasteiger partial charge on any atom is 0.266 e. The highest BCUT2D eigenvalue weighted by molar-refractivity contribution is 5.74. The van der Waals surface area contributed by atoms with Crippen LogP contribution in [0.15, 0.2) is 28.8 Å². The van der Waals surface area contributed by atoms with E-state index in [1.807, 2.05) is 11.0 Å². The van der Waals surface area contributed by atoms with Crippen molar-refractivity contribution < 1.29 is 13.7 Å². The van der Waals surface area contributed by atoms with Crippen molar-refractivity contribution in [2.24, 2.45) is 11.8 Å². The molecule has 0 saturated carbocycles. The van der Waals surface area contributed by atoms with E-state index in [1.165, 1.54) is 12.1 Å². The van der Waals surface area contributed by atoms with Gasteiger partial charge in [-0.2, -0.15) is 4.98 Å². The van der Waals surface area contributed by atoms with Crippen molar-refractivity contribution in [2.45, 2.75) is 19.9 Å². The molecule has 2 aliphatic rings. The highest BCUT2D eigenvalue weighted by atomic mass is 19.1. The Balaban J connectivity index is 1.64. The van der Waals surface area contributed by atoms with Gasteiger partial charge >= 0.3 is 0 Å². The summed E-state index contributed by atoms with van der Waals surface area (Å²) in [5.74, 6) is 1.43. The fourth-order valence-corrected chi connectivity index (χ4v) is 4.07. The number of likely N-dealkylation sites (tertiary alicyclic amines) is 1. The van der Waals surface area contributed by atoms with Crippen molar-refractivity contribution in [1.82, 2.24) is 15.0 Å². The number of carbonyl (C=O) groups excluding carboxylic acids is 1. The van der Waals surface area contributed by atoms with Crippen LogP contribution in [0.4, 0.5) is 10.3 Å². The van der Waals surface area contributed by atoms with Crippen molar-refractivity contribution in [3.8, 4) is 0 Å². The summed E-state index contributed by atoms with van der Waals surface area (Å²) in [6, 6.07) is 6.45. The van der Waals surface area contributed by atoms with Crippen molar-refractivity contribution in [2.75, 3.05) is 24.5 Å². The fourth-order valence-electron chi connectivity index (χ4n) is 4.07. The highest BCUT2D eigenvalue weighted by Crippen LogP contribution is 2.45. The topological polar surface area (TPSA) is 62.5 Å². The Morgan fingerprint density at radius 3 is 2.83 bits per heavy atom. The number of hydrogen-bond donors (Lipinski definition) is 0. The average Bonchev–Trinajstić information content (AvgIpc) is 3.19. The predicted molar refractivity (Wildman–Crippen MR) is 84.8 cm³/mol. The van der Waals surface area contributed by atoms with Crippen LogP contribution in [0.3, 0.4) is 0 Å². The Hall–Kier alpha value is -2.44. The highest BCUT2D eigenvalue weighted by Gasteiger charge is 2.49. The zero-order valence-corrected chi connectivity index (χ0v) is 13.6. The first kappa shape index (κ1) is 15.1. The van der Waals surface area contributed by atoms with Crippen LogP contribution in [0.1, 0.15) is 24.4 Å². The van der Waals surface area contributed by atoms with E-state index in [1.54, 1.807) is 19.9 Å². The predicted octanol–water partition coefficient (Wildman–Crippen LogP) is 2.17. The van der Waals surface area contributed by atoms with Gasteiger partial charge in [0.05, 0.1) is 6.04 Å². The normalized spacial score (nSPS) is 26.0. The number of anilines is 1. The molecule has 24 heavy (non-hydrogen) atoms. The Morgan fingerprint density at radius 2 is 2.17 bits per heavy atom. The summed E-state index contributed by atoms with van der Waals surface area (Å²) < 4.78 is 18.8. The molecule has 126 valence electrons. The third-order valence-electron chi connectivity index (χ3n) is 5.06. The second-order valence-corrected chi connectivity index (χ2v) is 6.61. The van der Waals surface area contributed by atoms with E-state index in [0.717, 1.165) is 18.7 Å². The van der Waals surface area contributed by atoms with Gasteiger partial charge in [-0.1, -0.05) is 12.1 Å². The summed E-state index contributed by atoms with van der Waals surface area (Å²) >= 11 is 0. The van der Waals surface area contributed by atoms with Crippen LogP contribution in [0, 0.1) is 24.6 Å². The summed E-state index contributed by atoms with van der Waals surface area (Å²) in [6.45, 7) is 5.52. The van der Waals surface area contributed by atoms with Gasteiger partial charge in [0.25, 0.3) is 5.95 Å². The van der Waals surface area contributed by atoms with Crippen molar-refractivity contribution in [3.05, 3.63) is 41.5 Å². The molecule has 0 radical (unpaired) electrons. The van der Waals surface area contributed by atoms with Crippen LogP contribution in [-0.4, -0.2) is 40.6 Å². The van der Waals surface area contributed by atoms with Gasteiger partial charge in [0, 0.05) is 45.3 Å². The van der Waals surface area contributed by atoms with Crippen LogP contribution in [0.25, 0.3) is 0 Å². The second kappa shape index (κ2) is 5.58. The summed E-state index contributed by atoms with van der Waals surface area (Å²) in [5.41, 5.74) is 0.851. The standard InChI is InChI=1S/C17H19FN4O2/c1-10-19-17(20-24-10)21-7-13-8-22(11(2)23)16(15(13)9-21)12-4-3-5-14(18)6-12/h3-6,13,15-16H,7-9H2,1-2H3/t13-,15-,16+/m1/s1. The lowest BCUT2D eigenvalue weighted by Crippen LogP contribution is -2.34. The van der Waals surface area contributed by atoms with Crippen molar-refractivity contribution >= 4 is 11.9 Å². The second-order valence-electron chi connectivity index (χ2n) is 6.61. The molecule has 4 rings (SSSR count). The van der Waals surface area contributed by atoms with Crippen molar-refractivity contribution in [3.63, 3.8) is 0 Å². The van der Waals surface area contributed by atoms with Crippen LogP contribution in [0.5, 0.6) is 0 Å². The molecular weight excluding hydrogens is 311 g/mol. The Labute approximate surface area is 139 Å². The minimum absolute atomic E-state index is 0.0283. The zero-order valence-electron chi connectivity index (χ0n) is 13.6. The first-order valence-electron chi connectivity index (χ1n) is 8.11. The number of aryl methyl sites for hydroxylation is 1. The van der Waals surface area contributed by atoms with Gasteiger partial charge in [0.1, 0.15) is 5.82 Å². The molecule has 0 spiro atoms. The molecule has 2 saturated heterocycles. The molecule has 0 unspecified atom stereocenters. The summed E-state index contributed by atoms with van der Waals surface area (Å²) in [6.07, 6.45) is 0. The van der Waals surface area contributed by atoms with E-state index in [0.29, 0.717) is 24.3 Å². The molecule has 7 heteroatoms. The van der Waals surface area contributed by atoms with E-state index in [2.05, 4.69) is 15.0 Å². The van der Waals surface area contributed by atoms with E-state index in [4.69, 9.17) is 4.52 Å². The molecular formula is C17H19FN4O2. The minimum atomic E-state index is -0.275. The number of benzene rings is 1. The van der Waals surface area contributed by atoms with Gasteiger partial charge < -0.3 is 14.3 Å². The lowest BCUT2D eigenvalue weighted by atomic mass is 9.89. The largest absolute Gasteiger partial charge is 0.338 e. The molecule has 6 nitrogen and oxygen atoms in total. The van der Waals surface area contributed by atoms with Gasteiger partial charge in [0.2, 0.25) is 11.8 Å². The third-order valence-corrected chi connectivity index (χ3v) is 5.06. The monoisotopic (exact) mass is 330 g/mol. The Morgan fingerprint density at radius 1 is 1.33 bits per heavy atom. The molecule has 0 aliphatic carbocycles. The molecule has 2 fully saturated rings. The Kier molecular flexibility index (Phi) is 3.51. The number of fused-ring (bicyclic) bond motifs is 1. The molecule has 2 aromatic rings. The first-order chi connectivity index (χ1) is 11.5. The van der Waals surface area contributed by atoms with E-state index >= 15 is 0 Å². The number of rotatable bonds is 2. The molecule has 0 N–H and O–H groups in total. The third kappa shape index (κ3) is 2.44. The maximum atomic E-state index is 13.7. The quantitative estimate of drug-likeness (QED) is 0.844. The van der Waals surface area contributed by atoms with E-state index in [9.17, 15) is 9.18 Å². The van der Waals surface area contributed by atoms with Gasteiger partial charge in [-0.05, 0) is 22.9 Å². The fraction of sp³-hybridized carbons (Fsp3) is 0.471. The lowest BCUT2D eigenvalue weighted by molar-refractivity contribution is -0.130. The summed E-state index contributed by atoms with van der Waals surface area (Å²) in [7, 11) is 0. The van der Waals surface area contributed by atoms with Gasteiger partial charge in [-0.25, -0.2) is 4.39 Å². The van der Waals surface area contributed by atoms with E-state index < -0.39 is 0 Å². The molecule has 2 aliphatic heterocycles. The van der Waals surface area contributed by atoms with Gasteiger partial charge in [0.15, 0.2) is 0 Å². The molecule has 1 amide bonds. The average molecular weight is 330 g/mol. The van der Waals surface area contributed by atoms with Crippen LogP contribution in [-0.2, 0) is 4.79 Å². The summed E-state index contributed by atoms with van der Waals surface area (Å²) in [4.78, 5) is 20.3. The molecule has 3 atom stereocenters. The molecule has 3 heterocycles. The van der Waals surface area contributed by atoms with Gasteiger partial charge in [-0.15, -0.1) is 0 Å². The number of hydrogen-bond acceptors (Lipinski definition) is 5. The Bertz CT molecular complexity index is 777. The van der Waals surface area contributed by atoms with Crippen LogP contribution in [0.2, 0.25) is 0 Å². The first-order valence-corrected chi connectivity index (χ1v) is 8.11. The zero-order chi connectivity index (χ0) is 16.8. The van der Waals surface area contributed by atoms with E-state index in [-0.39, 0.29) is 23.7 Å². The van der Waals surface area contributed by atoms with Gasteiger partial charge in [-0.3, -0.25) is 4.79 Å². The minimum Gasteiger partial charge on any atom is -0.338 e. The van der Waals surface area contributed by atoms with Crippen LogP contribution < -0.4 is 4.90 Å². The van der Waals surface area contributed by atoms with Crippen molar-refractivity contribution in [1.29, 1.82) is 0 Å². The van der Waals surface area contributed by atoms with Crippen LogP contribution >= 0.6 is 0 Å². The molecule has 0 bridgehead atoms. The summed E-state index contributed by atoms with van der Waals surface area (Å²) in [5, 5.41) is 3.99. The maximum absolute atomic E-state index is 13.7. The number of aromatic nitrogens is 2. The number of carbonyl (C=O) groups is 1. The number of amides is 1. The molecule has 1 aromatic heterocycles. The lowest BCUT2D eigenvalue weighted by Gasteiger charge is -2.28. The number of halogens is 1. The SMILES string of the molecule is CC(=O)N1C[C@H]2CN(c3noc(C)n3)C[C@H]2[C@@H]1c1cccc(F)c1. The number of nitrogens with zero attached hydrogens (tertiary/aromatic N) is 4. The smallest absolute Gasteiger partial charge is 0.266 e.